The van der Waals surface area contributed by atoms with Crippen molar-refractivity contribution in [3.05, 3.63) is 0 Å². The molecule has 0 rings (SSSR count). The summed E-state index contributed by atoms with van der Waals surface area (Å²) in [4.78, 5) is 5.73. The maximum absolute atomic E-state index is 5.67. The molecule has 2 nitrogen and oxygen atoms in total. The number of hydrogen-bond donors (Lipinski definition) is 0. The van der Waals surface area contributed by atoms with Crippen molar-refractivity contribution in [1.82, 2.24) is 4.90 Å². The summed E-state index contributed by atoms with van der Waals surface area (Å²) in [5, 5.41) is 0.580. The summed E-state index contributed by atoms with van der Waals surface area (Å²) >= 11 is 5.67. The Morgan fingerprint density at radius 3 is 2.56 bits per heavy atom. The van der Waals surface area contributed by atoms with Crippen LogP contribution in [0.25, 0.3) is 0 Å². The van der Waals surface area contributed by atoms with Gasteiger partial charge in [0.1, 0.15) is 0 Å². The van der Waals surface area contributed by atoms with Gasteiger partial charge in [0, 0.05) is 20.6 Å². The zero-order valence-electron chi connectivity index (χ0n) is 6.19. The van der Waals surface area contributed by atoms with E-state index in [1.165, 1.54) is 0 Å². The zero-order chi connectivity index (χ0) is 7.28. The van der Waals surface area contributed by atoms with Gasteiger partial charge in [0.2, 0.25) is 0 Å². The number of nitrogens with zero attached hydrogens (tertiary/aromatic N) is 2. The molecule has 0 aliphatic heterocycles. The van der Waals surface area contributed by atoms with Gasteiger partial charge in [0.05, 0.1) is 0 Å². The third-order valence-corrected chi connectivity index (χ3v) is 1.52. The van der Waals surface area contributed by atoms with Gasteiger partial charge in [0.25, 0.3) is 0 Å². The average molecular weight is 149 g/mol. The van der Waals surface area contributed by atoms with Crippen molar-refractivity contribution in [3.8, 4) is 0 Å². The Balaban J connectivity index is 3.59. The van der Waals surface area contributed by atoms with Gasteiger partial charge in [-0.25, -0.2) is 0 Å². The van der Waals surface area contributed by atoms with E-state index in [2.05, 4.69) is 11.9 Å². The molecular weight excluding hydrogens is 136 g/mol. The predicted molar refractivity (Wildman–Crippen MR) is 42.1 cm³/mol. The van der Waals surface area contributed by atoms with E-state index in [1.54, 1.807) is 7.05 Å². The van der Waals surface area contributed by atoms with Crippen LogP contribution >= 0.6 is 11.6 Å². The van der Waals surface area contributed by atoms with Crippen LogP contribution in [0.3, 0.4) is 0 Å². The summed E-state index contributed by atoms with van der Waals surface area (Å²) in [7, 11) is 3.62. The van der Waals surface area contributed by atoms with Crippen molar-refractivity contribution >= 4 is 16.9 Å². The van der Waals surface area contributed by atoms with Crippen LogP contribution in [0.5, 0.6) is 0 Å². The SMILES string of the molecule is CCCN(C)C(Cl)=NC. The van der Waals surface area contributed by atoms with Crippen molar-refractivity contribution in [2.45, 2.75) is 13.3 Å². The van der Waals surface area contributed by atoms with E-state index in [9.17, 15) is 0 Å². The fourth-order valence-corrected chi connectivity index (χ4v) is 0.683. The summed E-state index contributed by atoms with van der Waals surface area (Å²) in [6, 6.07) is 0. The first-order chi connectivity index (χ1) is 4.22. The van der Waals surface area contributed by atoms with Crippen molar-refractivity contribution in [3.63, 3.8) is 0 Å². The smallest absolute Gasteiger partial charge is 0.193 e. The van der Waals surface area contributed by atoms with Gasteiger partial charge in [-0.3, -0.25) is 4.99 Å². The lowest BCUT2D eigenvalue weighted by Gasteiger charge is -2.13. The molecule has 0 aliphatic rings. The average Bonchev–Trinajstić information content (AvgIpc) is 1.87. The zero-order valence-corrected chi connectivity index (χ0v) is 6.94. The molecule has 3 heteroatoms. The molecule has 0 atom stereocenters. The first kappa shape index (κ1) is 8.76. The molecule has 0 heterocycles. The Labute approximate surface area is 61.5 Å². The maximum atomic E-state index is 5.67. The van der Waals surface area contributed by atoms with Crippen LogP contribution in [0.4, 0.5) is 0 Å². The van der Waals surface area contributed by atoms with Crippen LogP contribution in [0.15, 0.2) is 4.99 Å². The van der Waals surface area contributed by atoms with Crippen LogP contribution in [0.2, 0.25) is 0 Å². The lowest BCUT2D eigenvalue weighted by Crippen LogP contribution is -2.22. The summed E-state index contributed by atoms with van der Waals surface area (Å²) in [6.45, 7) is 3.08. The Morgan fingerprint density at radius 1 is 1.67 bits per heavy atom. The molecule has 0 saturated carbocycles. The first-order valence-electron chi connectivity index (χ1n) is 3.05. The Morgan fingerprint density at radius 2 is 2.22 bits per heavy atom. The van der Waals surface area contributed by atoms with Gasteiger partial charge in [-0.1, -0.05) is 6.92 Å². The Hall–Kier alpha value is -0.240. The molecule has 0 saturated heterocycles. The van der Waals surface area contributed by atoms with E-state index >= 15 is 0 Å². The quantitative estimate of drug-likeness (QED) is 0.330. The van der Waals surface area contributed by atoms with Crippen molar-refractivity contribution in [2.75, 3.05) is 20.6 Å². The molecule has 54 valence electrons. The molecule has 0 radical (unpaired) electrons. The van der Waals surface area contributed by atoms with Gasteiger partial charge >= 0.3 is 0 Å². The second kappa shape index (κ2) is 4.62. The van der Waals surface area contributed by atoms with Crippen molar-refractivity contribution in [1.29, 1.82) is 0 Å². The number of halogens is 1. The van der Waals surface area contributed by atoms with E-state index in [0.29, 0.717) is 5.29 Å². The molecular formula is C6H13ClN2. The van der Waals surface area contributed by atoms with Gasteiger partial charge in [-0.2, -0.15) is 0 Å². The summed E-state index contributed by atoms with van der Waals surface area (Å²) < 4.78 is 0. The highest BCUT2D eigenvalue weighted by Crippen LogP contribution is 1.93. The largest absolute Gasteiger partial charge is 0.350 e. The van der Waals surface area contributed by atoms with E-state index in [-0.39, 0.29) is 0 Å². The molecule has 0 aromatic carbocycles. The Kier molecular flexibility index (Phi) is 4.50. The maximum Gasteiger partial charge on any atom is 0.193 e. The highest BCUT2D eigenvalue weighted by Gasteiger charge is 1.97. The number of rotatable bonds is 2. The first-order valence-corrected chi connectivity index (χ1v) is 3.43. The number of aliphatic imine (C=N–C) groups is 1. The van der Waals surface area contributed by atoms with Gasteiger partial charge in [0.15, 0.2) is 5.29 Å². The van der Waals surface area contributed by atoms with E-state index in [4.69, 9.17) is 11.6 Å². The van der Waals surface area contributed by atoms with Crippen LogP contribution < -0.4 is 0 Å². The van der Waals surface area contributed by atoms with E-state index in [0.717, 1.165) is 13.0 Å². The van der Waals surface area contributed by atoms with Crippen molar-refractivity contribution < 1.29 is 0 Å². The van der Waals surface area contributed by atoms with Crippen LogP contribution in [0, 0.1) is 0 Å². The van der Waals surface area contributed by atoms with E-state index < -0.39 is 0 Å². The van der Waals surface area contributed by atoms with Crippen LogP contribution in [0.1, 0.15) is 13.3 Å². The van der Waals surface area contributed by atoms with Crippen LogP contribution in [-0.2, 0) is 0 Å². The Bertz CT molecular complexity index is 101. The monoisotopic (exact) mass is 148 g/mol. The lowest BCUT2D eigenvalue weighted by atomic mass is 10.5. The second-order valence-corrected chi connectivity index (χ2v) is 2.25. The number of hydrogen-bond acceptors (Lipinski definition) is 1. The molecule has 0 aromatic heterocycles. The molecule has 0 spiro atoms. The third kappa shape index (κ3) is 3.36. The van der Waals surface area contributed by atoms with Crippen LogP contribution in [-0.4, -0.2) is 30.8 Å². The second-order valence-electron chi connectivity index (χ2n) is 1.91. The predicted octanol–water partition coefficient (Wildman–Crippen LogP) is 1.55. The highest BCUT2D eigenvalue weighted by molar-refractivity contribution is 6.64. The topological polar surface area (TPSA) is 15.6 Å². The molecule has 0 unspecified atom stereocenters. The highest BCUT2D eigenvalue weighted by atomic mass is 35.5. The molecule has 0 fully saturated rings. The summed E-state index contributed by atoms with van der Waals surface area (Å²) in [5.41, 5.74) is 0. The minimum Gasteiger partial charge on any atom is -0.350 e. The third-order valence-electron chi connectivity index (χ3n) is 1.06. The van der Waals surface area contributed by atoms with Gasteiger partial charge < -0.3 is 4.90 Å². The molecule has 0 aliphatic carbocycles. The summed E-state index contributed by atoms with van der Waals surface area (Å²) in [6.07, 6.45) is 1.10. The minimum absolute atomic E-state index is 0.580. The molecule has 9 heavy (non-hydrogen) atoms. The normalized spacial score (nSPS) is 11.8. The number of amidine groups is 1. The van der Waals surface area contributed by atoms with Gasteiger partial charge in [-0.15, -0.1) is 0 Å². The fraction of sp³-hybridized carbons (Fsp3) is 0.833. The lowest BCUT2D eigenvalue weighted by molar-refractivity contribution is 0.508. The molecule has 0 bridgehead atoms. The van der Waals surface area contributed by atoms with Crippen molar-refractivity contribution in [2.24, 2.45) is 4.99 Å². The minimum atomic E-state index is 0.580. The molecule has 0 N–H and O–H groups in total. The molecule has 0 amide bonds. The van der Waals surface area contributed by atoms with E-state index in [1.807, 2.05) is 11.9 Å². The fourth-order valence-electron chi connectivity index (χ4n) is 0.598. The van der Waals surface area contributed by atoms with Gasteiger partial charge in [-0.05, 0) is 18.0 Å². The summed E-state index contributed by atoms with van der Waals surface area (Å²) in [5.74, 6) is 0. The molecule has 0 aromatic rings. The standard InChI is InChI=1S/C6H13ClN2/c1-4-5-9(3)6(7)8-2/h4-5H2,1-3H3.